The molecular formula is C17H21N3O. The van der Waals surface area contributed by atoms with Gasteiger partial charge in [0.2, 0.25) is 0 Å². The van der Waals surface area contributed by atoms with Gasteiger partial charge in [-0.3, -0.25) is 0 Å². The topological polar surface area (TPSA) is 47.0 Å². The van der Waals surface area contributed by atoms with Crippen molar-refractivity contribution in [1.82, 2.24) is 15.3 Å². The lowest BCUT2D eigenvalue weighted by molar-refractivity contribution is 0.339. The van der Waals surface area contributed by atoms with Crippen molar-refractivity contribution in [1.29, 1.82) is 0 Å². The molecule has 1 aliphatic heterocycles. The van der Waals surface area contributed by atoms with Crippen LogP contribution >= 0.6 is 0 Å². The number of nitrogens with one attached hydrogen (secondary N) is 1. The van der Waals surface area contributed by atoms with Gasteiger partial charge in [0.1, 0.15) is 18.2 Å². The van der Waals surface area contributed by atoms with Crippen molar-refractivity contribution in [3.8, 4) is 5.75 Å². The predicted octanol–water partition coefficient (Wildman–Crippen LogP) is 2.73. The van der Waals surface area contributed by atoms with E-state index in [1.165, 1.54) is 11.1 Å². The highest BCUT2D eigenvalue weighted by Gasteiger charge is 2.28. The highest BCUT2D eigenvalue weighted by atomic mass is 16.5. The summed E-state index contributed by atoms with van der Waals surface area (Å²) >= 11 is 0. The fourth-order valence-electron chi connectivity index (χ4n) is 2.80. The van der Waals surface area contributed by atoms with Crippen LogP contribution in [0.1, 0.15) is 41.2 Å². The van der Waals surface area contributed by atoms with Gasteiger partial charge >= 0.3 is 0 Å². The molecule has 0 bridgehead atoms. The number of rotatable bonds is 4. The third-order valence-electron chi connectivity index (χ3n) is 4.00. The average Bonchev–Trinajstić information content (AvgIpc) is 2.90. The molecule has 3 rings (SSSR count). The maximum atomic E-state index is 5.75. The van der Waals surface area contributed by atoms with E-state index in [0.717, 1.165) is 36.1 Å². The lowest BCUT2D eigenvalue weighted by Gasteiger charge is -2.14. The van der Waals surface area contributed by atoms with Crippen LogP contribution in [-0.4, -0.2) is 23.1 Å². The van der Waals surface area contributed by atoms with E-state index in [0.29, 0.717) is 6.61 Å². The van der Waals surface area contributed by atoms with Crippen LogP contribution in [0.15, 0.2) is 24.3 Å². The zero-order valence-electron chi connectivity index (χ0n) is 12.8. The van der Waals surface area contributed by atoms with Crippen molar-refractivity contribution < 1.29 is 4.74 Å². The van der Waals surface area contributed by atoms with E-state index in [1.54, 1.807) is 0 Å². The highest BCUT2D eigenvalue weighted by molar-refractivity contribution is 5.43. The summed E-state index contributed by atoms with van der Waals surface area (Å²) in [5, 5.41) is 3.35. The second-order valence-corrected chi connectivity index (χ2v) is 5.41. The van der Waals surface area contributed by atoms with Crippen molar-refractivity contribution in [3.63, 3.8) is 0 Å². The number of para-hydroxylation sites is 1. The van der Waals surface area contributed by atoms with Gasteiger partial charge in [0.25, 0.3) is 0 Å². The number of ether oxygens (including phenoxy) is 1. The summed E-state index contributed by atoms with van der Waals surface area (Å²) in [5.74, 6) is 1.97. The van der Waals surface area contributed by atoms with Crippen molar-refractivity contribution in [3.05, 3.63) is 52.6 Å². The summed E-state index contributed by atoms with van der Waals surface area (Å²) in [6.45, 7) is 8.63. The molecule has 4 nitrogen and oxygen atoms in total. The minimum absolute atomic E-state index is 0.145. The van der Waals surface area contributed by atoms with E-state index in [9.17, 15) is 0 Å². The minimum atomic E-state index is 0.145. The molecule has 0 radical (unpaired) electrons. The first kappa shape index (κ1) is 14.0. The minimum Gasteiger partial charge on any atom is -0.492 e. The molecule has 1 atom stereocenters. The van der Waals surface area contributed by atoms with Crippen molar-refractivity contribution in [2.75, 3.05) is 13.2 Å². The van der Waals surface area contributed by atoms with Crippen LogP contribution in [0.4, 0.5) is 0 Å². The van der Waals surface area contributed by atoms with E-state index in [1.807, 2.05) is 18.2 Å². The number of nitrogens with zero attached hydrogens (tertiary/aromatic N) is 2. The molecule has 0 saturated carbocycles. The number of hydrogen-bond acceptors (Lipinski definition) is 4. The molecule has 2 aromatic rings. The van der Waals surface area contributed by atoms with Gasteiger partial charge < -0.3 is 10.1 Å². The fraction of sp³-hybridized carbons (Fsp3) is 0.412. The fourth-order valence-corrected chi connectivity index (χ4v) is 2.80. The Kier molecular flexibility index (Phi) is 3.88. The molecule has 0 aliphatic carbocycles. The van der Waals surface area contributed by atoms with Gasteiger partial charge in [0, 0.05) is 29.1 Å². The number of aryl methyl sites for hydroxylation is 2. The van der Waals surface area contributed by atoms with Crippen LogP contribution in [0.25, 0.3) is 0 Å². The number of fused-ring (bicyclic) bond motifs is 1. The largest absolute Gasteiger partial charge is 0.492 e. The molecule has 2 heterocycles. The van der Waals surface area contributed by atoms with Crippen LogP contribution in [0.3, 0.4) is 0 Å². The third kappa shape index (κ3) is 2.63. The molecule has 1 aliphatic rings. The van der Waals surface area contributed by atoms with Gasteiger partial charge in [-0.25, -0.2) is 9.97 Å². The molecule has 1 N–H and O–H groups in total. The summed E-state index contributed by atoms with van der Waals surface area (Å²) in [6.07, 6.45) is 0. The quantitative estimate of drug-likeness (QED) is 0.937. The Morgan fingerprint density at radius 1 is 1.19 bits per heavy atom. The standard InChI is InChI=1S/C17H21N3O/c1-4-18-9-14-11(2)19-17(20-12(14)3)15-10-21-16-8-6-5-7-13(15)16/h5-8,15,18H,4,9-10H2,1-3H3. The molecule has 1 unspecified atom stereocenters. The predicted molar refractivity (Wildman–Crippen MR) is 82.7 cm³/mol. The zero-order chi connectivity index (χ0) is 14.8. The van der Waals surface area contributed by atoms with E-state index in [-0.39, 0.29) is 5.92 Å². The Bertz CT molecular complexity index is 631. The Balaban J connectivity index is 1.94. The summed E-state index contributed by atoms with van der Waals surface area (Å²) in [5.41, 5.74) is 4.51. The Labute approximate surface area is 125 Å². The maximum Gasteiger partial charge on any atom is 0.139 e. The van der Waals surface area contributed by atoms with Crippen LogP contribution in [0, 0.1) is 13.8 Å². The third-order valence-corrected chi connectivity index (χ3v) is 4.00. The molecule has 1 aromatic heterocycles. The highest BCUT2D eigenvalue weighted by Crippen LogP contribution is 2.36. The van der Waals surface area contributed by atoms with E-state index in [2.05, 4.69) is 32.2 Å². The van der Waals surface area contributed by atoms with Gasteiger partial charge in [0.05, 0.1) is 5.92 Å². The first-order valence-electron chi connectivity index (χ1n) is 7.47. The average molecular weight is 283 g/mol. The van der Waals surface area contributed by atoms with E-state index >= 15 is 0 Å². The molecule has 0 amide bonds. The number of benzene rings is 1. The number of aromatic nitrogens is 2. The number of hydrogen-bond donors (Lipinski definition) is 1. The monoisotopic (exact) mass is 283 g/mol. The lowest BCUT2D eigenvalue weighted by Crippen LogP contribution is -2.17. The van der Waals surface area contributed by atoms with Gasteiger partial charge in [-0.05, 0) is 26.5 Å². The van der Waals surface area contributed by atoms with Gasteiger partial charge in [0.15, 0.2) is 0 Å². The van der Waals surface area contributed by atoms with Gasteiger partial charge in [-0.2, -0.15) is 0 Å². The first-order valence-corrected chi connectivity index (χ1v) is 7.47. The van der Waals surface area contributed by atoms with Crippen LogP contribution in [0.2, 0.25) is 0 Å². The van der Waals surface area contributed by atoms with E-state index < -0.39 is 0 Å². The lowest BCUT2D eigenvalue weighted by atomic mass is 10.00. The smallest absolute Gasteiger partial charge is 0.139 e. The maximum absolute atomic E-state index is 5.75. The molecular weight excluding hydrogens is 262 g/mol. The molecule has 0 fully saturated rings. The van der Waals surface area contributed by atoms with Crippen molar-refractivity contribution >= 4 is 0 Å². The van der Waals surface area contributed by atoms with Crippen molar-refractivity contribution in [2.45, 2.75) is 33.2 Å². The van der Waals surface area contributed by atoms with Gasteiger partial charge in [-0.1, -0.05) is 25.1 Å². The Morgan fingerprint density at radius 2 is 1.90 bits per heavy atom. The SMILES string of the molecule is CCNCc1c(C)nc(C2COc3ccccc32)nc1C. The van der Waals surface area contributed by atoms with Crippen LogP contribution in [-0.2, 0) is 6.54 Å². The second kappa shape index (κ2) is 5.82. The molecule has 0 saturated heterocycles. The normalized spacial score (nSPS) is 16.6. The van der Waals surface area contributed by atoms with Gasteiger partial charge in [-0.15, -0.1) is 0 Å². The Hall–Kier alpha value is -1.94. The summed E-state index contributed by atoms with van der Waals surface area (Å²) in [6, 6.07) is 8.15. The van der Waals surface area contributed by atoms with Crippen molar-refractivity contribution in [2.24, 2.45) is 0 Å². The molecule has 4 heteroatoms. The Morgan fingerprint density at radius 3 is 2.62 bits per heavy atom. The van der Waals surface area contributed by atoms with Crippen LogP contribution in [0.5, 0.6) is 5.75 Å². The van der Waals surface area contributed by atoms with Crippen LogP contribution < -0.4 is 10.1 Å². The molecule has 21 heavy (non-hydrogen) atoms. The summed E-state index contributed by atoms with van der Waals surface area (Å²) < 4.78 is 5.75. The molecule has 110 valence electrons. The van der Waals surface area contributed by atoms with E-state index in [4.69, 9.17) is 14.7 Å². The second-order valence-electron chi connectivity index (χ2n) is 5.41. The molecule has 0 spiro atoms. The summed E-state index contributed by atoms with van der Waals surface area (Å²) in [7, 11) is 0. The first-order chi connectivity index (χ1) is 10.2. The summed E-state index contributed by atoms with van der Waals surface area (Å²) in [4.78, 5) is 9.47. The zero-order valence-corrected chi connectivity index (χ0v) is 12.8. The molecule has 1 aromatic carbocycles.